The summed E-state index contributed by atoms with van der Waals surface area (Å²) in [6, 6.07) is 10.1. The minimum Gasteiger partial charge on any atom is -0.494 e. The number of aliphatic imine (C=N–C) groups is 1. The molecule has 0 heterocycles. The Bertz CT molecular complexity index is 528. The third-order valence-electron chi connectivity index (χ3n) is 3.31. The molecule has 0 N–H and O–H groups in total. The maximum Gasteiger partial charge on any atom is 0.247 e. The first kappa shape index (κ1) is 14.8. The van der Waals surface area contributed by atoms with Crippen LogP contribution in [0.4, 0.5) is 0 Å². The molecule has 1 aliphatic carbocycles. The van der Waals surface area contributed by atoms with E-state index in [0.29, 0.717) is 5.71 Å². The van der Waals surface area contributed by atoms with E-state index in [0.717, 1.165) is 16.9 Å². The summed E-state index contributed by atoms with van der Waals surface area (Å²) in [6.07, 6.45) is 0. The van der Waals surface area contributed by atoms with Gasteiger partial charge in [-0.05, 0) is 19.4 Å². The van der Waals surface area contributed by atoms with Gasteiger partial charge in [0.15, 0.2) is 5.76 Å². The summed E-state index contributed by atoms with van der Waals surface area (Å²) in [4.78, 5) is 4.59. The fourth-order valence-electron chi connectivity index (χ4n) is 2.48. The highest BCUT2D eigenvalue weighted by molar-refractivity contribution is 6.25. The van der Waals surface area contributed by atoms with Gasteiger partial charge in [0.05, 0.1) is 12.7 Å². The van der Waals surface area contributed by atoms with E-state index in [4.69, 9.17) is 14.2 Å². The van der Waals surface area contributed by atoms with E-state index in [2.05, 4.69) is 4.99 Å². The van der Waals surface area contributed by atoms with Gasteiger partial charge in [0.2, 0.25) is 5.79 Å². The quantitative estimate of drug-likeness (QED) is 0.776. The van der Waals surface area contributed by atoms with E-state index in [9.17, 15) is 0 Å². The number of hydrogen-bond donors (Lipinski definition) is 0. The molecule has 0 saturated carbocycles. The lowest BCUT2D eigenvalue weighted by Crippen LogP contribution is -2.54. The SMILES string of the molecule is COC1=C(c2ccccc2)C(OC)(OC)C1=NC(C)C. The molecule has 0 aliphatic heterocycles. The Morgan fingerprint density at radius 2 is 1.60 bits per heavy atom. The van der Waals surface area contributed by atoms with Crippen LogP contribution in [0.3, 0.4) is 0 Å². The van der Waals surface area contributed by atoms with Crippen molar-refractivity contribution in [2.24, 2.45) is 4.99 Å². The smallest absolute Gasteiger partial charge is 0.247 e. The van der Waals surface area contributed by atoms with E-state index < -0.39 is 5.79 Å². The first-order valence-electron chi connectivity index (χ1n) is 6.63. The number of nitrogens with zero attached hydrogens (tertiary/aromatic N) is 1. The van der Waals surface area contributed by atoms with Crippen LogP contribution in [-0.2, 0) is 14.2 Å². The zero-order valence-electron chi connectivity index (χ0n) is 12.6. The molecular formula is C16H21NO3. The topological polar surface area (TPSA) is 40.0 Å². The van der Waals surface area contributed by atoms with Crippen molar-refractivity contribution >= 4 is 11.3 Å². The molecule has 20 heavy (non-hydrogen) atoms. The van der Waals surface area contributed by atoms with Gasteiger partial charge >= 0.3 is 0 Å². The molecule has 1 aromatic rings. The molecule has 0 aromatic heterocycles. The highest BCUT2D eigenvalue weighted by Gasteiger charge is 2.55. The molecule has 4 nitrogen and oxygen atoms in total. The van der Waals surface area contributed by atoms with Gasteiger partial charge in [-0.2, -0.15) is 0 Å². The van der Waals surface area contributed by atoms with Crippen LogP contribution < -0.4 is 0 Å². The van der Waals surface area contributed by atoms with E-state index in [1.54, 1.807) is 21.3 Å². The first-order valence-corrected chi connectivity index (χ1v) is 6.63. The maximum atomic E-state index is 5.64. The fraction of sp³-hybridized carbons (Fsp3) is 0.438. The van der Waals surface area contributed by atoms with Gasteiger partial charge in [-0.25, -0.2) is 0 Å². The molecule has 0 saturated heterocycles. The van der Waals surface area contributed by atoms with Crippen LogP contribution in [0, 0.1) is 0 Å². The molecule has 108 valence electrons. The van der Waals surface area contributed by atoms with Crippen LogP contribution in [0.25, 0.3) is 5.57 Å². The molecule has 0 unspecified atom stereocenters. The molecule has 0 fully saturated rings. The van der Waals surface area contributed by atoms with Crippen LogP contribution in [0.15, 0.2) is 41.1 Å². The van der Waals surface area contributed by atoms with Gasteiger partial charge in [0.25, 0.3) is 0 Å². The maximum absolute atomic E-state index is 5.64. The highest BCUT2D eigenvalue weighted by Crippen LogP contribution is 2.46. The lowest BCUT2D eigenvalue weighted by Gasteiger charge is -2.43. The molecule has 0 bridgehead atoms. The average molecular weight is 275 g/mol. The standard InChI is InChI=1S/C16H21NO3/c1-11(2)17-15-14(18-3)13(16(15,19-4)20-5)12-9-7-6-8-10-12/h6-11H,1-5H3. The summed E-state index contributed by atoms with van der Waals surface area (Å²) in [5, 5.41) is 0. The van der Waals surface area contributed by atoms with Crippen molar-refractivity contribution in [1.29, 1.82) is 0 Å². The van der Waals surface area contributed by atoms with Crippen molar-refractivity contribution in [3.63, 3.8) is 0 Å². The van der Waals surface area contributed by atoms with Gasteiger partial charge < -0.3 is 14.2 Å². The molecule has 0 radical (unpaired) electrons. The molecule has 4 heteroatoms. The van der Waals surface area contributed by atoms with Crippen molar-refractivity contribution < 1.29 is 14.2 Å². The Labute approximate surface area is 120 Å². The monoisotopic (exact) mass is 275 g/mol. The van der Waals surface area contributed by atoms with Gasteiger partial charge in [-0.3, -0.25) is 4.99 Å². The van der Waals surface area contributed by atoms with Crippen molar-refractivity contribution in [2.45, 2.75) is 25.7 Å². The Morgan fingerprint density at radius 1 is 1.00 bits per heavy atom. The minimum atomic E-state index is -0.947. The average Bonchev–Trinajstić information content (AvgIpc) is 2.45. The molecule has 1 aromatic carbocycles. The number of hydrogen-bond acceptors (Lipinski definition) is 4. The fourth-order valence-corrected chi connectivity index (χ4v) is 2.48. The van der Waals surface area contributed by atoms with Gasteiger partial charge in [-0.15, -0.1) is 0 Å². The van der Waals surface area contributed by atoms with E-state index >= 15 is 0 Å². The summed E-state index contributed by atoms with van der Waals surface area (Å²) < 4.78 is 16.8. The van der Waals surface area contributed by atoms with Crippen molar-refractivity contribution in [3.8, 4) is 0 Å². The second kappa shape index (κ2) is 5.77. The first-order chi connectivity index (χ1) is 9.60. The Morgan fingerprint density at radius 3 is 2.05 bits per heavy atom. The molecule has 1 aliphatic rings. The minimum absolute atomic E-state index is 0.136. The Kier molecular flexibility index (Phi) is 4.26. The third-order valence-corrected chi connectivity index (χ3v) is 3.31. The zero-order valence-corrected chi connectivity index (χ0v) is 12.6. The molecule has 2 rings (SSSR count). The predicted molar refractivity (Wildman–Crippen MR) is 79.7 cm³/mol. The summed E-state index contributed by atoms with van der Waals surface area (Å²) in [7, 11) is 4.88. The summed E-state index contributed by atoms with van der Waals surface area (Å²) in [5.74, 6) is -0.217. The second-order valence-corrected chi connectivity index (χ2v) is 4.87. The van der Waals surface area contributed by atoms with Crippen LogP contribution in [0.5, 0.6) is 0 Å². The number of methoxy groups -OCH3 is 3. The number of ether oxygens (including phenoxy) is 3. The lowest BCUT2D eigenvalue weighted by atomic mass is 9.80. The molecular weight excluding hydrogens is 254 g/mol. The van der Waals surface area contributed by atoms with Crippen LogP contribution in [0.1, 0.15) is 19.4 Å². The normalized spacial score (nSPS) is 19.4. The van der Waals surface area contributed by atoms with Crippen molar-refractivity contribution in [1.82, 2.24) is 0 Å². The Hall–Kier alpha value is -1.65. The van der Waals surface area contributed by atoms with E-state index in [1.165, 1.54) is 0 Å². The summed E-state index contributed by atoms with van der Waals surface area (Å²) in [5.41, 5.74) is 2.60. The van der Waals surface area contributed by atoms with Gasteiger partial charge in [0.1, 0.15) is 5.71 Å². The highest BCUT2D eigenvalue weighted by atomic mass is 16.7. The lowest BCUT2D eigenvalue weighted by molar-refractivity contribution is -0.118. The summed E-state index contributed by atoms with van der Waals surface area (Å²) >= 11 is 0. The van der Waals surface area contributed by atoms with Crippen molar-refractivity contribution in [2.75, 3.05) is 21.3 Å². The number of rotatable bonds is 5. The van der Waals surface area contributed by atoms with Gasteiger partial charge in [-0.1, -0.05) is 30.3 Å². The summed E-state index contributed by atoms with van der Waals surface area (Å²) in [6.45, 7) is 4.02. The largest absolute Gasteiger partial charge is 0.494 e. The van der Waals surface area contributed by atoms with Gasteiger partial charge in [0, 0.05) is 20.3 Å². The van der Waals surface area contributed by atoms with Crippen LogP contribution >= 0.6 is 0 Å². The zero-order chi connectivity index (χ0) is 14.8. The van der Waals surface area contributed by atoms with Crippen LogP contribution in [0.2, 0.25) is 0 Å². The van der Waals surface area contributed by atoms with E-state index in [-0.39, 0.29) is 6.04 Å². The number of benzene rings is 1. The molecule has 0 spiro atoms. The van der Waals surface area contributed by atoms with E-state index in [1.807, 2.05) is 44.2 Å². The molecule has 0 atom stereocenters. The van der Waals surface area contributed by atoms with Crippen molar-refractivity contribution in [3.05, 3.63) is 41.7 Å². The third kappa shape index (κ3) is 2.15. The second-order valence-electron chi connectivity index (χ2n) is 4.87. The van der Waals surface area contributed by atoms with Crippen LogP contribution in [-0.4, -0.2) is 38.9 Å². The molecule has 0 amide bonds. The Balaban J connectivity index is 2.61. The predicted octanol–water partition coefficient (Wildman–Crippen LogP) is 2.90.